The molecule has 0 unspecified atom stereocenters. The minimum atomic E-state index is -0.460. The number of aromatic amines is 1. The molecule has 1 aliphatic rings. The van der Waals surface area contributed by atoms with Crippen LogP contribution in [-0.2, 0) is 0 Å². The van der Waals surface area contributed by atoms with Gasteiger partial charge in [-0.05, 0) is 47.3 Å². The molecule has 0 fully saturated rings. The summed E-state index contributed by atoms with van der Waals surface area (Å²) in [6.45, 7) is 0. The number of methoxy groups -OCH3 is 1. The third-order valence-electron chi connectivity index (χ3n) is 4.35. The Morgan fingerprint density at radius 1 is 1.30 bits per heavy atom. The molecule has 2 aromatic carbocycles. The standard InChI is InChI=1S/C18H15BrN4O3S/c1-26-14-6-3-9(7-13(14)24)16-20-12-5-4-10(19)8-11(12)15-17(25)21-18(27-2)22-23(15)16/h3-8,16H,1-2H3,(H2,21,22,24,25)/p+1/t16-/m1/s1. The molecule has 0 amide bonds. The smallest absolute Gasteiger partial charge is 0.325 e. The average molecular weight is 448 g/mol. The first-order valence-corrected chi connectivity index (χ1v) is 10.1. The Morgan fingerprint density at radius 3 is 2.81 bits per heavy atom. The van der Waals surface area contributed by atoms with Crippen LogP contribution >= 0.6 is 27.7 Å². The van der Waals surface area contributed by atoms with E-state index in [9.17, 15) is 9.90 Å². The number of anilines is 1. The number of hydrogen-bond acceptors (Lipinski definition) is 6. The third kappa shape index (κ3) is 3.06. The molecule has 3 aromatic rings. The number of nitrogens with zero attached hydrogens (tertiary/aromatic N) is 2. The summed E-state index contributed by atoms with van der Waals surface area (Å²) in [6, 6.07) is 10.8. The van der Waals surface area contributed by atoms with Crippen molar-refractivity contribution in [2.45, 2.75) is 11.3 Å². The number of thioether (sulfide) groups is 1. The van der Waals surface area contributed by atoms with Gasteiger partial charge in [0.2, 0.25) is 5.16 Å². The van der Waals surface area contributed by atoms with Crippen molar-refractivity contribution in [1.29, 1.82) is 0 Å². The lowest BCUT2D eigenvalue weighted by Gasteiger charge is -2.22. The molecule has 138 valence electrons. The van der Waals surface area contributed by atoms with Gasteiger partial charge in [-0.25, -0.2) is 0 Å². The summed E-state index contributed by atoms with van der Waals surface area (Å²) in [5.74, 6) is 0.406. The van der Waals surface area contributed by atoms with Gasteiger partial charge in [0.15, 0.2) is 11.5 Å². The van der Waals surface area contributed by atoms with Crippen molar-refractivity contribution in [1.82, 2.24) is 10.1 Å². The maximum Gasteiger partial charge on any atom is 0.325 e. The Labute approximate surface area is 167 Å². The lowest BCUT2D eigenvalue weighted by molar-refractivity contribution is -0.759. The molecule has 0 bridgehead atoms. The lowest BCUT2D eigenvalue weighted by Crippen LogP contribution is -2.55. The summed E-state index contributed by atoms with van der Waals surface area (Å²) in [4.78, 5) is 15.6. The summed E-state index contributed by atoms with van der Waals surface area (Å²) in [7, 11) is 1.50. The van der Waals surface area contributed by atoms with Gasteiger partial charge in [-0.3, -0.25) is 9.78 Å². The van der Waals surface area contributed by atoms with Crippen molar-refractivity contribution in [3.05, 3.63) is 56.8 Å². The van der Waals surface area contributed by atoms with E-state index in [1.54, 1.807) is 16.8 Å². The predicted octanol–water partition coefficient (Wildman–Crippen LogP) is 2.90. The normalized spacial score (nSPS) is 14.9. The SMILES string of the molecule is COc1ccc([C@@H]2Nc3ccc(Br)cc3-c3c(=O)[nH]c(SC)n[n+]32)cc1O. The van der Waals surface area contributed by atoms with E-state index in [0.717, 1.165) is 21.3 Å². The van der Waals surface area contributed by atoms with Gasteiger partial charge in [-0.15, -0.1) is 0 Å². The number of nitrogens with one attached hydrogen (secondary N) is 2. The van der Waals surface area contributed by atoms with Crippen molar-refractivity contribution in [2.75, 3.05) is 18.7 Å². The van der Waals surface area contributed by atoms with Gasteiger partial charge in [0.1, 0.15) is 0 Å². The molecule has 0 saturated carbocycles. The lowest BCUT2D eigenvalue weighted by atomic mass is 10.0. The van der Waals surface area contributed by atoms with Gasteiger partial charge in [0.05, 0.1) is 18.4 Å². The second kappa shape index (κ2) is 6.90. The second-order valence-corrected chi connectivity index (χ2v) is 7.64. The van der Waals surface area contributed by atoms with E-state index in [0.29, 0.717) is 16.6 Å². The fraction of sp³-hybridized carbons (Fsp3) is 0.167. The van der Waals surface area contributed by atoms with Crippen LogP contribution in [0.5, 0.6) is 11.5 Å². The zero-order valence-corrected chi connectivity index (χ0v) is 16.9. The molecule has 1 aliphatic heterocycles. The van der Waals surface area contributed by atoms with Gasteiger partial charge in [-0.2, -0.15) is 0 Å². The highest BCUT2D eigenvalue weighted by molar-refractivity contribution is 9.10. The van der Waals surface area contributed by atoms with Crippen molar-refractivity contribution < 1.29 is 14.5 Å². The Balaban J connectivity index is 1.96. The number of phenolic OH excluding ortho intramolecular Hbond substituents is 1. The van der Waals surface area contributed by atoms with Crippen molar-refractivity contribution in [2.24, 2.45) is 0 Å². The maximum atomic E-state index is 12.8. The largest absolute Gasteiger partial charge is 0.504 e. The third-order valence-corrected chi connectivity index (χ3v) is 5.41. The molecule has 1 aromatic heterocycles. The number of H-pyrrole nitrogens is 1. The van der Waals surface area contributed by atoms with E-state index >= 15 is 0 Å². The van der Waals surface area contributed by atoms with E-state index in [-0.39, 0.29) is 11.3 Å². The molecule has 0 aliphatic carbocycles. The molecular formula is C18H16BrN4O3S+. The molecule has 0 saturated heterocycles. The molecule has 4 rings (SSSR count). The van der Waals surface area contributed by atoms with Crippen LogP contribution in [-0.4, -0.2) is 28.6 Å². The van der Waals surface area contributed by atoms with Gasteiger partial charge >= 0.3 is 11.3 Å². The van der Waals surface area contributed by atoms with Crippen LogP contribution in [0.2, 0.25) is 0 Å². The maximum absolute atomic E-state index is 12.8. The van der Waals surface area contributed by atoms with Crippen molar-refractivity contribution in [3.8, 4) is 22.8 Å². The highest BCUT2D eigenvalue weighted by atomic mass is 79.9. The molecule has 27 heavy (non-hydrogen) atoms. The molecule has 1 atom stereocenters. The summed E-state index contributed by atoms with van der Waals surface area (Å²) in [5.41, 5.74) is 2.53. The first kappa shape index (κ1) is 17.9. The van der Waals surface area contributed by atoms with Crippen LogP contribution in [0.15, 0.2) is 50.8 Å². The summed E-state index contributed by atoms with van der Waals surface area (Å²) < 4.78 is 7.64. The van der Waals surface area contributed by atoms with Crippen LogP contribution in [0, 0.1) is 0 Å². The highest BCUT2D eigenvalue weighted by Crippen LogP contribution is 2.35. The fourth-order valence-electron chi connectivity index (χ4n) is 3.11. The van der Waals surface area contributed by atoms with Crippen LogP contribution in [0.4, 0.5) is 5.69 Å². The number of fused-ring (bicyclic) bond motifs is 3. The number of halogens is 1. The summed E-state index contributed by atoms with van der Waals surface area (Å²) >= 11 is 4.81. The van der Waals surface area contributed by atoms with Gasteiger partial charge < -0.3 is 15.2 Å². The Morgan fingerprint density at radius 2 is 2.11 bits per heavy atom. The molecule has 7 nitrogen and oxygen atoms in total. The van der Waals surface area contributed by atoms with Gasteiger partial charge in [0.25, 0.3) is 6.17 Å². The van der Waals surface area contributed by atoms with E-state index < -0.39 is 6.17 Å². The predicted molar refractivity (Wildman–Crippen MR) is 106 cm³/mol. The van der Waals surface area contributed by atoms with Crippen LogP contribution in [0.3, 0.4) is 0 Å². The van der Waals surface area contributed by atoms with Crippen LogP contribution in [0.1, 0.15) is 11.7 Å². The van der Waals surface area contributed by atoms with Gasteiger partial charge in [-0.1, -0.05) is 27.7 Å². The fourth-order valence-corrected chi connectivity index (χ4v) is 3.83. The molecule has 9 heteroatoms. The minimum Gasteiger partial charge on any atom is -0.504 e. The number of ether oxygens (including phenoxy) is 1. The Kier molecular flexibility index (Phi) is 4.56. The topological polar surface area (TPSA) is 91.1 Å². The number of hydrogen-bond donors (Lipinski definition) is 3. The second-order valence-electron chi connectivity index (χ2n) is 5.92. The van der Waals surface area contributed by atoms with E-state index in [1.165, 1.54) is 18.9 Å². The zero-order valence-electron chi connectivity index (χ0n) is 14.5. The number of aromatic hydroxyl groups is 1. The van der Waals surface area contributed by atoms with E-state index in [2.05, 4.69) is 31.3 Å². The monoisotopic (exact) mass is 447 g/mol. The molecule has 0 radical (unpaired) electrons. The molecule has 2 heterocycles. The van der Waals surface area contributed by atoms with Crippen molar-refractivity contribution in [3.63, 3.8) is 0 Å². The summed E-state index contributed by atoms with van der Waals surface area (Å²) in [6.07, 6.45) is 1.39. The number of aromatic nitrogens is 3. The minimum absolute atomic E-state index is 0.0236. The van der Waals surface area contributed by atoms with Crippen molar-refractivity contribution >= 4 is 33.4 Å². The average Bonchev–Trinajstić information content (AvgIpc) is 2.66. The van der Waals surface area contributed by atoms with Crippen LogP contribution in [0.25, 0.3) is 11.3 Å². The molecular weight excluding hydrogens is 432 g/mol. The highest BCUT2D eigenvalue weighted by Gasteiger charge is 2.38. The van der Waals surface area contributed by atoms with E-state index in [4.69, 9.17) is 4.74 Å². The van der Waals surface area contributed by atoms with Crippen LogP contribution < -0.4 is 20.3 Å². The Hall–Kier alpha value is -2.52. The number of phenols is 1. The van der Waals surface area contributed by atoms with E-state index in [1.807, 2.05) is 30.5 Å². The first-order valence-electron chi connectivity index (χ1n) is 8.05. The number of benzene rings is 2. The first-order chi connectivity index (χ1) is 13.0. The number of rotatable bonds is 3. The summed E-state index contributed by atoms with van der Waals surface area (Å²) in [5, 5.41) is 18.7. The quantitative estimate of drug-likeness (QED) is 0.422. The van der Waals surface area contributed by atoms with Gasteiger partial charge in [0, 0.05) is 15.1 Å². The Bertz CT molecular complexity index is 1100. The molecule has 0 spiro atoms. The molecule has 3 N–H and O–H groups in total. The zero-order chi connectivity index (χ0) is 19.1.